The second-order valence-corrected chi connectivity index (χ2v) is 4.98. The summed E-state index contributed by atoms with van der Waals surface area (Å²) in [6, 6.07) is 9.17. The molecule has 0 aliphatic carbocycles. The van der Waals surface area contributed by atoms with E-state index in [1.807, 2.05) is 30.3 Å². The van der Waals surface area contributed by atoms with Crippen LogP contribution in [0.1, 0.15) is 18.4 Å². The number of hydrogen-bond donors (Lipinski definition) is 1. The van der Waals surface area contributed by atoms with Crippen LogP contribution >= 0.6 is 0 Å². The molecule has 1 aromatic rings. The average molecular weight is 263 g/mol. The minimum atomic E-state index is -0.581. The monoisotopic (exact) mass is 263 g/mol. The molecule has 19 heavy (non-hydrogen) atoms. The van der Waals surface area contributed by atoms with Crippen molar-refractivity contribution in [1.29, 1.82) is 0 Å². The Morgan fingerprint density at radius 3 is 2.68 bits per heavy atom. The van der Waals surface area contributed by atoms with E-state index in [-0.39, 0.29) is 5.97 Å². The molecule has 0 spiro atoms. The Kier molecular flexibility index (Phi) is 5.36. The van der Waals surface area contributed by atoms with E-state index in [9.17, 15) is 4.79 Å². The SMILES string of the molecule is NC(Cc1ccccc1)C(=O)OCC1CCOCC1. The van der Waals surface area contributed by atoms with E-state index in [0.717, 1.165) is 31.6 Å². The second kappa shape index (κ2) is 7.26. The smallest absolute Gasteiger partial charge is 0.323 e. The van der Waals surface area contributed by atoms with Gasteiger partial charge in [-0.05, 0) is 30.7 Å². The number of ether oxygens (including phenoxy) is 2. The van der Waals surface area contributed by atoms with Gasteiger partial charge in [0.2, 0.25) is 0 Å². The predicted molar refractivity (Wildman–Crippen MR) is 72.6 cm³/mol. The molecule has 1 aromatic carbocycles. The Labute approximate surface area is 113 Å². The summed E-state index contributed by atoms with van der Waals surface area (Å²) in [4.78, 5) is 11.8. The standard InChI is InChI=1S/C15H21NO3/c16-14(10-12-4-2-1-3-5-12)15(17)19-11-13-6-8-18-9-7-13/h1-5,13-14H,6-11,16H2. The molecule has 4 heteroatoms. The van der Waals surface area contributed by atoms with E-state index in [1.165, 1.54) is 0 Å². The maximum absolute atomic E-state index is 11.8. The average Bonchev–Trinajstić information content (AvgIpc) is 2.47. The Morgan fingerprint density at radius 1 is 1.32 bits per heavy atom. The third-order valence-electron chi connectivity index (χ3n) is 3.40. The molecule has 104 valence electrons. The van der Waals surface area contributed by atoms with E-state index in [1.54, 1.807) is 0 Å². The van der Waals surface area contributed by atoms with Gasteiger partial charge in [0.1, 0.15) is 6.04 Å². The Hall–Kier alpha value is -1.39. The van der Waals surface area contributed by atoms with Crippen molar-refractivity contribution in [3.63, 3.8) is 0 Å². The third-order valence-corrected chi connectivity index (χ3v) is 3.40. The van der Waals surface area contributed by atoms with E-state index >= 15 is 0 Å². The predicted octanol–water partition coefficient (Wildman–Crippen LogP) is 1.53. The summed E-state index contributed by atoms with van der Waals surface area (Å²) in [5, 5.41) is 0. The highest BCUT2D eigenvalue weighted by atomic mass is 16.5. The lowest BCUT2D eigenvalue weighted by atomic mass is 10.0. The van der Waals surface area contributed by atoms with Crippen molar-refractivity contribution in [3.8, 4) is 0 Å². The lowest BCUT2D eigenvalue weighted by molar-refractivity contribution is -0.147. The summed E-state index contributed by atoms with van der Waals surface area (Å²) >= 11 is 0. The number of carbonyl (C=O) groups is 1. The van der Waals surface area contributed by atoms with Crippen LogP contribution in [-0.2, 0) is 20.7 Å². The molecule has 0 aromatic heterocycles. The molecule has 1 heterocycles. The first kappa shape index (κ1) is 14.0. The van der Waals surface area contributed by atoms with Gasteiger partial charge in [0.15, 0.2) is 0 Å². The first-order valence-electron chi connectivity index (χ1n) is 6.79. The summed E-state index contributed by atoms with van der Waals surface area (Å²) in [6.07, 6.45) is 2.44. The van der Waals surface area contributed by atoms with Gasteiger partial charge in [0, 0.05) is 13.2 Å². The van der Waals surface area contributed by atoms with Crippen LogP contribution in [-0.4, -0.2) is 31.8 Å². The van der Waals surface area contributed by atoms with Gasteiger partial charge in [-0.25, -0.2) is 0 Å². The molecule has 1 aliphatic heterocycles. The maximum Gasteiger partial charge on any atom is 0.323 e. The quantitative estimate of drug-likeness (QED) is 0.818. The molecule has 1 unspecified atom stereocenters. The first-order chi connectivity index (χ1) is 9.25. The van der Waals surface area contributed by atoms with Gasteiger partial charge in [-0.1, -0.05) is 30.3 Å². The first-order valence-corrected chi connectivity index (χ1v) is 6.79. The number of hydrogen-bond acceptors (Lipinski definition) is 4. The molecule has 1 saturated heterocycles. The van der Waals surface area contributed by atoms with Crippen molar-refractivity contribution < 1.29 is 14.3 Å². The minimum Gasteiger partial charge on any atom is -0.464 e. The molecule has 0 radical (unpaired) electrons. The van der Waals surface area contributed by atoms with Gasteiger partial charge >= 0.3 is 5.97 Å². The van der Waals surface area contributed by atoms with Crippen molar-refractivity contribution in [2.24, 2.45) is 11.7 Å². The van der Waals surface area contributed by atoms with Crippen molar-refractivity contribution in [2.75, 3.05) is 19.8 Å². The van der Waals surface area contributed by atoms with Crippen LogP contribution in [0.15, 0.2) is 30.3 Å². The van der Waals surface area contributed by atoms with Gasteiger partial charge in [-0.15, -0.1) is 0 Å². The molecule has 1 atom stereocenters. The molecule has 0 amide bonds. The van der Waals surface area contributed by atoms with Crippen molar-refractivity contribution in [3.05, 3.63) is 35.9 Å². The fraction of sp³-hybridized carbons (Fsp3) is 0.533. The van der Waals surface area contributed by atoms with Crippen molar-refractivity contribution in [2.45, 2.75) is 25.3 Å². The molecular formula is C15H21NO3. The van der Waals surface area contributed by atoms with Crippen LogP contribution in [0.3, 0.4) is 0 Å². The van der Waals surface area contributed by atoms with Crippen molar-refractivity contribution in [1.82, 2.24) is 0 Å². The molecule has 1 aliphatic rings. The van der Waals surface area contributed by atoms with Crippen LogP contribution in [0.25, 0.3) is 0 Å². The van der Waals surface area contributed by atoms with Crippen LogP contribution in [0.5, 0.6) is 0 Å². The highest BCUT2D eigenvalue weighted by Crippen LogP contribution is 2.15. The van der Waals surface area contributed by atoms with Crippen LogP contribution in [0.2, 0.25) is 0 Å². The summed E-state index contributed by atoms with van der Waals surface area (Å²) in [5.74, 6) is 0.108. The zero-order valence-corrected chi connectivity index (χ0v) is 11.1. The largest absolute Gasteiger partial charge is 0.464 e. The molecule has 2 rings (SSSR count). The molecule has 1 fully saturated rings. The highest BCUT2D eigenvalue weighted by Gasteiger charge is 2.19. The number of nitrogens with two attached hydrogens (primary N) is 1. The van der Waals surface area contributed by atoms with Crippen LogP contribution in [0, 0.1) is 5.92 Å². The van der Waals surface area contributed by atoms with Crippen LogP contribution in [0.4, 0.5) is 0 Å². The highest BCUT2D eigenvalue weighted by molar-refractivity contribution is 5.75. The van der Waals surface area contributed by atoms with Gasteiger partial charge < -0.3 is 15.2 Å². The zero-order valence-electron chi connectivity index (χ0n) is 11.1. The molecule has 0 bridgehead atoms. The topological polar surface area (TPSA) is 61.6 Å². The van der Waals surface area contributed by atoms with Gasteiger partial charge in [0.25, 0.3) is 0 Å². The maximum atomic E-state index is 11.8. The lowest BCUT2D eigenvalue weighted by Crippen LogP contribution is -2.35. The van der Waals surface area contributed by atoms with Gasteiger partial charge in [0.05, 0.1) is 6.61 Å². The summed E-state index contributed by atoms with van der Waals surface area (Å²) < 4.78 is 10.6. The Balaban J connectivity index is 1.73. The van der Waals surface area contributed by atoms with E-state index in [4.69, 9.17) is 15.2 Å². The number of benzene rings is 1. The molecule has 0 saturated carbocycles. The second-order valence-electron chi connectivity index (χ2n) is 4.98. The normalized spacial score (nSPS) is 17.9. The van der Waals surface area contributed by atoms with E-state index in [2.05, 4.69) is 0 Å². The van der Waals surface area contributed by atoms with Gasteiger partial charge in [-0.3, -0.25) is 4.79 Å². The Bertz CT molecular complexity index is 388. The third kappa shape index (κ3) is 4.65. The lowest BCUT2D eigenvalue weighted by Gasteiger charge is -2.22. The van der Waals surface area contributed by atoms with Gasteiger partial charge in [-0.2, -0.15) is 0 Å². The molecular weight excluding hydrogens is 242 g/mol. The fourth-order valence-electron chi connectivity index (χ4n) is 2.17. The molecule has 2 N–H and O–H groups in total. The van der Waals surface area contributed by atoms with E-state index < -0.39 is 6.04 Å². The summed E-state index contributed by atoms with van der Waals surface area (Å²) in [6.45, 7) is 1.99. The fourth-order valence-corrected chi connectivity index (χ4v) is 2.17. The minimum absolute atomic E-state index is 0.310. The number of rotatable bonds is 5. The summed E-state index contributed by atoms with van der Waals surface area (Å²) in [5.41, 5.74) is 6.92. The van der Waals surface area contributed by atoms with E-state index in [0.29, 0.717) is 18.9 Å². The van der Waals surface area contributed by atoms with Crippen molar-refractivity contribution >= 4 is 5.97 Å². The summed E-state index contributed by atoms with van der Waals surface area (Å²) in [7, 11) is 0. The molecule has 4 nitrogen and oxygen atoms in total. The number of esters is 1. The van der Waals surface area contributed by atoms with Crippen LogP contribution < -0.4 is 5.73 Å². The zero-order chi connectivity index (χ0) is 13.5. The number of carbonyl (C=O) groups excluding carboxylic acids is 1. The Morgan fingerprint density at radius 2 is 2.00 bits per heavy atom.